The number of amides is 1. The summed E-state index contributed by atoms with van der Waals surface area (Å²) in [6.45, 7) is 1.79. The number of ether oxygens (including phenoxy) is 6. The zero-order valence-electron chi connectivity index (χ0n) is 70.7. The first-order valence-corrected chi connectivity index (χ1v) is 46.7. The van der Waals surface area contributed by atoms with Crippen LogP contribution in [0.1, 0.15) is 412 Å². The van der Waals surface area contributed by atoms with E-state index < -0.39 is 124 Å². The van der Waals surface area contributed by atoms with Crippen molar-refractivity contribution >= 4 is 5.91 Å². The molecular weight excluding hydrogens is 1410 g/mol. The number of hydrogen-bond donors (Lipinski definition) is 12. The van der Waals surface area contributed by atoms with E-state index in [1.54, 1.807) is 6.08 Å². The molecular formula is C92H173NO18. The summed E-state index contributed by atoms with van der Waals surface area (Å²) in [6, 6.07) is -0.997. The first-order valence-electron chi connectivity index (χ1n) is 46.7. The molecule has 111 heavy (non-hydrogen) atoms. The molecule has 0 spiro atoms. The predicted octanol–water partition coefficient (Wildman–Crippen LogP) is 18.2. The molecule has 19 nitrogen and oxygen atoms in total. The van der Waals surface area contributed by atoms with E-state index in [1.807, 2.05) is 6.08 Å². The van der Waals surface area contributed by atoms with Gasteiger partial charge in [-0.3, -0.25) is 4.79 Å². The van der Waals surface area contributed by atoms with E-state index in [1.165, 1.54) is 334 Å². The summed E-state index contributed by atoms with van der Waals surface area (Å²) in [4.78, 5) is 13.5. The van der Waals surface area contributed by atoms with E-state index in [9.17, 15) is 61.0 Å². The Morgan fingerprint density at radius 3 is 0.901 bits per heavy atom. The van der Waals surface area contributed by atoms with Crippen LogP contribution < -0.4 is 5.32 Å². The quantitative estimate of drug-likeness (QED) is 0.0199. The smallest absolute Gasteiger partial charge is 0.220 e. The molecule has 0 aliphatic carbocycles. The molecule has 0 bridgehead atoms. The molecule has 0 radical (unpaired) electrons. The Labute approximate surface area is 676 Å². The molecule has 0 aromatic carbocycles. The maximum absolute atomic E-state index is 13.5. The third-order valence-corrected chi connectivity index (χ3v) is 23.4. The fourth-order valence-corrected chi connectivity index (χ4v) is 16.0. The Morgan fingerprint density at radius 2 is 0.577 bits per heavy atom. The zero-order chi connectivity index (χ0) is 80.3. The SMILES string of the molecule is CCCCCCCCCCCCCCCCCCCC/C=C/CC/C=C/CC/C=C/C(O)C(COC1OC(CO)C(OC2OC(CO)C(OC3OC(CO)C(O)C(O)C3O)C(O)C2O)C(O)C1O)NC(=O)CCCCCCCCCCCCCCCCCCCCCCCCCCCCCCCCCCCCCCCC. The van der Waals surface area contributed by atoms with Crippen molar-refractivity contribution in [2.45, 2.75) is 516 Å². The Morgan fingerprint density at radius 1 is 0.315 bits per heavy atom. The van der Waals surface area contributed by atoms with Crippen LogP contribution in [0.15, 0.2) is 36.5 Å². The Balaban J connectivity index is 1.31. The van der Waals surface area contributed by atoms with Gasteiger partial charge in [-0.05, 0) is 44.9 Å². The number of carbonyl (C=O) groups is 1. The van der Waals surface area contributed by atoms with Gasteiger partial charge < -0.3 is 89.9 Å². The fourth-order valence-electron chi connectivity index (χ4n) is 16.0. The van der Waals surface area contributed by atoms with Crippen LogP contribution in [0, 0.1) is 0 Å². The van der Waals surface area contributed by atoms with Crippen molar-refractivity contribution in [2.75, 3.05) is 26.4 Å². The van der Waals surface area contributed by atoms with Crippen LogP contribution in [0.2, 0.25) is 0 Å². The number of aliphatic hydroxyl groups is 11. The van der Waals surface area contributed by atoms with Crippen molar-refractivity contribution in [1.29, 1.82) is 0 Å². The second kappa shape index (κ2) is 72.1. The van der Waals surface area contributed by atoms with E-state index in [0.29, 0.717) is 12.8 Å². The lowest BCUT2D eigenvalue weighted by atomic mass is 9.96. The predicted molar refractivity (Wildman–Crippen MR) is 448 cm³/mol. The molecule has 17 atom stereocenters. The lowest BCUT2D eigenvalue weighted by molar-refractivity contribution is -0.379. The molecule has 3 aliphatic heterocycles. The van der Waals surface area contributed by atoms with E-state index in [4.69, 9.17) is 28.4 Å². The number of carbonyl (C=O) groups excluding carboxylic acids is 1. The maximum atomic E-state index is 13.5. The van der Waals surface area contributed by atoms with Gasteiger partial charge in [-0.15, -0.1) is 0 Å². The Hall–Kier alpha value is -1.99. The maximum Gasteiger partial charge on any atom is 0.220 e. The van der Waals surface area contributed by atoms with E-state index in [-0.39, 0.29) is 18.9 Å². The average Bonchev–Trinajstić information content (AvgIpc) is 0.781. The number of unbranched alkanes of at least 4 members (excludes halogenated alkanes) is 57. The van der Waals surface area contributed by atoms with Gasteiger partial charge in [0.1, 0.15) is 73.2 Å². The van der Waals surface area contributed by atoms with Crippen molar-refractivity contribution in [1.82, 2.24) is 5.32 Å². The Kier molecular flexibility index (Phi) is 67.0. The van der Waals surface area contributed by atoms with Crippen molar-refractivity contribution in [2.24, 2.45) is 0 Å². The highest BCUT2D eigenvalue weighted by atomic mass is 16.8. The third-order valence-electron chi connectivity index (χ3n) is 23.4. The van der Waals surface area contributed by atoms with Gasteiger partial charge in [-0.2, -0.15) is 0 Å². The van der Waals surface area contributed by atoms with Crippen LogP contribution in [-0.2, 0) is 33.2 Å². The molecule has 3 fully saturated rings. The van der Waals surface area contributed by atoms with Crippen LogP contribution >= 0.6 is 0 Å². The topological polar surface area (TPSA) is 307 Å². The van der Waals surface area contributed by atoms with Gasteiger partial charge in [-0.25, -0.2) is 0 Å². The van der Waals surface area contributed by atoms with Crippen molar-refractivity contribution in [3.05, 3.63) is 36.5 Å². The van der Waals surface area contributed by atoms with Gasteiger partial charge >= 0.3 is 0 Å². The van der Waals surface area contributed by atoms with Gasteiger partial charge in [-0.1, -0.05) is 397 Å². The highest BCUT2D eigenvalue weighted by Crippen LogP contribution is 2.34. The zero-order valence-corrected chi connectivity index (χ0v) is 70.7. The summed E-state index contributed by atoms with van der Waals surface area (Å²) >= 11 is 0. The monoisotopic (exact) mass is 1580 g/mol. The van der Waals surface area contributed by atoms with E-state index in [2.05, 4.69) is 43.5 Å². The summed E-state index contributed by atoms with van der Waals surface area (Å²) in [5.74, 6) is -0.281. The van der Waals surface area contributed by atoms with Crippen molar-refractivity contribution < 1.29 is 89.4 Å². The summed E-state index contributed by atoms with van der Waals surface area (Å²) in [5.41, 5.74) is 0. The largest absolute Gasteiger partial charge is 0.394 e. The van der Waals surface area contributed by atoms with Gasteiger partial charge in [0, 0.05) is 6.42 Å². The normalized spacial score (nSPS) is 25.1. The molecule has 654 valence electrons. The lowest BCUT2D eigenvalue weighted by Crippen LogP contribution is -2.66. The highest BCUT2D eigenvalue weighted by molar-refractivity contribution is 5.76. The minimum atomic E-state index is -1.98. The molecule has 3 heterocycles. The lowest BCUT2D eigenvalue weighted by Gasteiger charge is -2.48. The molecule has 19 heteroatoms. The molecule has 3 rings (SSSR count). The minimum absolute atomic E-state index is 0.237. The van der Waals surface area contributed by atoms with Crippen LogP contribution in [0.25, 0.3) is 0 Å². The Bertz CT molecular complexity index is 2140. The first kappa shape index (κ1) is 103. The van der Waals surface area contributed by atoms with Gasteiger partial charge in [0.15, 0.2) is 18.9 Å². The number of aliphatic hydroxyl groups excluding tert-OH is 11. The number of rotatable bonds is 77. The van der Waals surface area contributed by atoms with Gasteiger partial charge in [0.05, 0.1) is 38.6 Å². The second-order valence-corrected chi connectivity index (χ2v) is 33.5. The number of hydrogen-bond acceptors (Lipinski definition) is 18. The van der Waals surface area contributed by atoms with Crippen LogP contribution in [0.3, 0.4) is 0 Å². The first-order chi connectivity index (χ1) is 54.3. The molecule has 12 N–H and O–H groups in total. The molecule has 0 aromatic rings. The van der Waals surface area contributed by atoms with Crippen molar-refractivity contribution in [3.63, 3.8) is 0 Å². The summed E-state index contributed by atoms with van der Waals surface area (Å²) < 4.78 is 34.5. The third kappa shape index (κ3) is 50.5. The minimum Gasteiger partial charge on any atom is -0.394 e. The second-order valence-electron chi connectivity index (χ2n) is 33.5. The van der Waals surface area contributed by atoms with Gasteiger partial charge in [0.2, 0.25) is 5.91 Å². The molecule has 1 amide bonds. The van der Waals surface area contributed by atoms with E-state index in [0.717, 1.165) is 44.9 Å². The van der Waals surface area contributed by atoms with Gasteiger partial charge in [0.25, 0.3) is 0 Å². The molecule has 17 unspecified atom stereocenters. The summed E-state index contributed by atoms with van der Waals surface area (Å²) in [6.07, 6.45) is 66.1. The fraction of sp³-hybridized carbons (Fsp3) is 0.924. The number of nitrogens with one attached hydrogen (secondary N) is 1. The van der Waals surface area contributed by atoms with Crippen molar-refractivity contribution in [3.8, 4) is 0 Å². The average molecular weight is 1580 g/mol. The summed E-state index contributed by atoms with van der Waals surface area (Å²) in [7, 11) is 0. The van der Waals surface area contributed by atoms with Crippen LogP contribution in [-0.4, -0.2) is 193 Å². The number of allylic oxidation sites excluding steroid dienone is 5. The summed E-state index contributed by atoms with van der Waals surface area (Å²) in [5, 5.41) is 121. The van der Waals surface area contributed by atoms with Crippen LogP contribution in [0.4, 0.5) is 0 Å². The standard InChI is InChI=1S/C92H173NO18/c1-3-5-7-9-11-13-15-17-19-21-23-25-27-29-31-33-34-35-36-37-38-39-40-41-42-44-46-48-50-52-54-56-58-60-62-64-66-68-70-80(98)93-75(76(97)69-67-65-63-61-59-57-55-53-51-49-47-45-43-32-30-28-26-24-22-20-18-16-14-12-10-8-6-4-2)74-106-90-86(104)83(101)88(78(72-95)108-90)111-92-87(105)84(102)89(79(73-96)109-92)110-91-85(103)82(100)81(99)77(71-94)107-91/h51,53,59,61,67,69,75-79,81-92,94-97,99-105H,3-50,52,54-58,60,62-66,68,70-74H2,1-2H3,(H,93,98)/b53-51+,61-59+,69-67+. The molecule has 0 aromatic heterocycles. The molecule has 3 saturated heterocycles. The molecule has 3 aliphatic rings. The van der Waals surface area contributed by atoms with Crippen LogP contribution in [0.5, 0.6) is 0 Å². The molecule has 0 saturated carbocycles. The highest BCUT2D eigenvalue weighted by Gasteiger charge is 2.54. The van der Waals surface area contributed by atoms with E-state index >= 15 is 0 Å².